The van der Waals surface area contributed by atoms with Gasteiger partial charge in [-0.15, -0.1) is 0 Å². The van der Waals surface area contributed by atoms with Crippen molar-refractivity contribution in [2.24, 2.45) is 5.73 Å². The molecule has 1 aromatic carbocycles. The van der Waals surface area contributed by atoms with E-state index >= 15 is 0 Å². The van der Waals surface area contributed by atoms with Gasteiger partial charge in [0.25, 0.3) is 0 Å². The topological polar surface area (TPSA) is 64.7 Å². The SMILES string of the molecule is CCCOc1ccc(CN)c(OCCCCCCO)c1. The van der Waals surface area contributed by atoms with Gasteiger partial charge in [-0.1, -0.05) is 19.4 Å². The first kappa shape index (κ1) is 16.8. The molecule has 4 nitrogen and oxygen atoms in total. The van der Waals surface area contributed by atoms with Gasteiger partial charge in [-0.2, -0.15) is 0 Å². The maximum Gasteiger partial charge on any atom is 0.127 e. The van der Waals surface area contributed by atoms with Crippen LogP contribution < -0.4 is 15.2 Å². The molecule has 0 fully saturated rings. The Morgan fingerprint density at radius 3 is 2.55 bits per heavy atom. The average molecular weight is 281 g/mol. The van der Waals surface area contributed by atoms with Crippen molar-refractivity contribution in [3.05, 3.63) is 23.8 Å². The van der Waals surface area contributed by atoms with Crippen LogP contribution in [0.25, 0.3) is 0 Å². The highest BCUT2D eigenvalue weighted by Crippen LogP contribution is 2.25. The van der Waals surface area contributed by atoms with Gasteiger partial charge >= 0.3 is 0 Å². The summed E-state index contributed by atoms with van der Waals surface area (Å²) in [6.07, 6.45) is 4.96. The molecule has 0 unspecified atom stereocenters. The summed E-state index contributed by atoms with van der Waals surface area (Å²) in [4.78, 5) is 0. The Morgan fingerprint density at radius 1 is 1.05 bits per heavy atom. The minimum absolute atomic E-state index is 0.273. The van der Waals surface area contributed by atoms with Crippen LogP contribution in [0.1, 0.15) is 44.6 Å². The summed E-state index contributed by atoms with van der Waals surface area (Å²) >= 11 is 0. The molecular formula is C16H27NO3. The summed E-state index contributed by atoms with van der Waals surface area (Å²) in [6.45, 7) is 4.21. The van der Waals surface area contributed by atoms with E-state index in [0.717, 1.165) is 49.2 Å². The van der Waals surface area contributed by atoms with Crippen molar-refractivity contribution in [1.29, 1.82) is 0 Å². The van der Waals surface area contributed by atoms with Crippen molar-refractivity contribution >= 4 is 0 Å². The van der Waals surface area contributed by atoms with Gasteiger partial charge in [0, 0.05) is 24.8 Å². The zero-order chi connectivity index (χ0) is 14.6. The third-order valence-electron chi connectivity index (χ3n) is 3.04. The summed E-state index contributed by atoms with van der Waals surface area (Å²) in [5.74, 6) is 1.66. The largest absolute Gasteiger partial charge is 0.493 e. The quantitative estimate of drug-likeness (QED) is 0.612. The lowest BCUT2D eigenvalue weighted by Gasteiger charge is -2.13. The van der Waals surface area contributed by atoms with Gasteiger partial charge < -0.3 is 20.3 Å². The van der Waals surface area contributed by atoms with Gasteiger partial charge in [0.1, 0.15) is 11.5 Å². The van der Waals surface area contributed by atoms with Crippen LogP contribution in [0.3, 0.4) is 0 Å². The van der Waals surface area contributed by atoms with E-state index in [-0.39, 0.29) is 6.61 Å². The van der Waals surface area contributed by atoms with Crippen molar-refractivity contribution in [3.8, 4) is 11.5 Å². The number of rotatable bonds is 11. The first-order valence-electron chi connectivity index (χ1n) is 7.51. The number of ether oxygens (including phenoxy) is 2. The van der Waals surface area contributed by atoms with E-state index < -0.39 is 0 Å². The first-order chi connectivity index (χ1) is 9.81. The van der Waals surface area contributed by atoms with Crippen molar-refractivity contribution in [2.75, 3.05) is 19.8 Å². The molecular weight excluding hydrogens is 254 g/mol. The number of benzene rings is 1. The van der Waals surface area contributed by atoms with Crippen LogP contribution in [0.5, 0.6) is 11.5 Å². The van der Waals surface area contributed by atoms with Crippen LogP contribution in [-0.4, -0.2) is 24.9 Å². The fourth-order valence-electron chi connectivity index (χ4n) is 1.90. The molecule has 114 valence electrons. The minimum atomic E-state index is 0.273. The molecule has 1 rings (SSSR count). The van der Waals surface area contributed by atoms with Crippen molar-refractivity contribution in [3.63, 3.8) is 0 Å². The van der Waals surface area contributed by atoms with E-state index in [4.69, 9.17) is 20.3 Å². The smallest absolute Gasteiger partial charge is 0.127 e. The number of aliphatic hydroxyl groups excluding tert-OH is 1. The highest BCUT2D eigenvalue weighted by atomic mass is 16.5. The Bertz CT molecular complexity index is 369. The predicted octanol–water partition coefficient (Wildman–Crippen LogP) is 2.87. The highest BCUT2D eigenvalue weighted by Gasteiger charge is 2.05. The van der Waals surface area contributed by atoms with Crippen LogP contribution in [0, 0.1) is 0 Å². The maximum absolute atomic E-state index is 8.71. The summed E-state index contributed by atoms with van der Waals surface area (Å²) < 4.78 is 11.4. The van der Waals surface area contributed by atoms with E-state index in [1.807, 2.05) is 18.2 Å². The molecule has 0 spiro atoms. The molecule has 1 aromatic rings. The maximum atomic E-state index is 8.71. The van der Waals surface area contributed by atoms with E-state index in [1.165, 1.54) is 0 Å². The lowest BCUT2D eigenvalue weighted by molar-refractivity contribution is 0.271. The van der Waals surface area contributed by atoms with Gasteiger partial charge in [-0.05, 0) is 31.7 Å². The molecule has 0 bridgehead atoms. The molecule has 0 aliphatic heterocycles. The Kier molecular flexibility index (Phi) is 8.83. The van der Waals surface area contributed by atoms with Crippen LogP contribution in [0.2, 0.25) is 0 Å². The van der Waals surface area contributed by atoms with Crippen LogP contribution >= 0.6 is 0 Å². The van der Waals surface area contributed by atoms with Crippen molar-refractivity contribution in [2.45, 2.75) is 45.6 Å². The molecule has 20 heavy (non-hydrogen) atoms. The van der Waals surface area contributed by atoms with E-state index in [9.17, 15) is 0 Å². The van der Waals surface area contributed by atoms with Gasteiger partial charge in [-0.25, -0.2) is 0 Å². The Hall–Kier alpha value is -1.26. The van der Waals surface area contributed by atoms with E-state index in [2.05, 4.69) is 6.92 Å². The van der Waals surface area contributed by atoms with E-state index in [0.29, 0.717) is 19.8 Å². The highest BCUT2D eigenvalue weighted by molar-refractivity contribution is 5.40. The molecule has 0 heterocycles. The molecule has 4 heteroatoms. The molecule has 0 radical (unpaired) electrons. The Morgan fingerprint density at radius 2 is 1.85 bits per heavy atom. The first-order valence-corrected chi connectivity index (χ1v) is 7.51. The molecule has 0 aliphatic carbocycles. The average Bonchev–Trinajstić information content (AvgIpc) is 2.48. The molecule has 0 saturated carbocycles. The predicted molar refractivity (Wildman–Crippen MR) is 81.2 cm³/mol. The minimum Gasteiger partial charge on any atom is -0.493 e. The lowest BCUT2D eigenvalue weighted by Crippen LogP contribution is -2.05. The van der Waals surface area contributed by atoms with Gasteiger partial charge in [0.15, 0.2) is 0 Å². The zero-order valence-corrected chi connectivity index (χ0v) is 12.4. The van der Waals surface area contributed by atoms with Gasteiger partial charge in [0.2, 0.25) is 0 Å². The molecule has 0 aromatic heterocycles. The summed E-state index contributed by atoms with van der Waals surface area (Å²) in [5.41, 5.74) is 6.73. The zero-order valence-electron chi connectivity index (χ0n) is 12.4. The third-order valence-corrected chi connectivity index (χ3v) is 3.04. The number of unbranched alkanes of at least 4 members (excludes halogenated alkanes) is 3. The second-order valence-corrected chi connectivity index (χ2v) is 4.81. The summed E-state index contributed by atoms with van der Waals surface area (Å²) in [7, 11) is 0. The molecule has 0 saturated heterocycles. The molecule has 0 atom stereocenters. The second kappa shape index (κ2) is 10.5. The van der Waals surface area contributed by atoms with E-state index in [1.54, 1.807) is 0 Å². The third kappa shape index (κ3) is 6.26. The lowest BCUT2D eigenvalue weighted by atomic mass is 10.2. The molecule has 0 amide bonds. The van der Waals surface area contributed by atoms with Crippen molar-refractivity contribution < 1.29 is 14.6 Å². The monoisotopic (exact) mass is 281 g/mol. The molecule has 3 N–H and O–H groups in total. The summed E-state index contributed by atoms with van der Waals surface area (Å²) in [5, 5.41) is 8.71. The van der Waals surface area contributed by atoms with Crippen LogP contribution in [0.15, 0.2) is 18.2 Å². The Balaban J connectivity index is 2.44. The molecule has 0 aliphatic rings. The Labute approximate surface area is 121 Å². The van der Waals surface area contributed by atoms with Crippen LogP contribution in [0.4, 0.5) is 0 Å². The fourth-order valence-corrected chi connectivity index (χ4v) is 1.90. The van der Waals surface area contributed by atoms with Crippen molar-refractivity contribution in [1.82, 2.24) is 0 Å². The summed E-state index contributed by atoms with van der Waals surface area (Å²) in [6, 6.07) is 5.82. The van der Waals surface area contributed by atoms with Gasteiger partial charge in [-0.3, -0.25) is 0 Å². The number of hydrogen-bond donors (Lipinski definition) is 2. The van der Waals surface area contributed by atoms with Crippen LogP contribution in [-0.2, 0) is 6.54 Å². The standard InChI is InChI=1S/C16H27NO3/c1-2-10-19-15-8-7-14(13-17)16(12-15)20-11-6-4-3-5-9-18/h7-8,12,18H,2-6,9-11,13,17H2,1H3. The normalized spacial score (nSPS) is 10.6. The number of aliphatic hydroxyl groups is 1. The fraction of sp³-hybridized carbons (Fsp3) is 0.625. The number of nitrogens with two attached hydrogens (primary N) is 1. The number of hydrogen-bond acceptors (Lipinski definition) is 4. The van der Waals surface area contributed by atoms with Gasteiger partial charge in [0.05, 0.1) is 13.2 Å². The second-order valence-electron chi connectivity index (χ2n) is 4.81.